The number of methoxy groups -OCH3 is 1. The molecule has 2 rings (SSSR count). The minimum Gasteiger partial charge on any atom is -0.497 e. The van der Waals surface area contributed by atoms with E-state index in [0.717, 1.165) is 23.5 Å². The van der Waals surface area contributed by atoms with Crippen LogP contribution >= 0.6 is 0 Å². The number of benzene rings is 1. The van der Waals surface area contributed by atoms with Crippen molar-refractivity contribution in [3.8, 4) is 5.75 Å². The van der Waals surface area contributed by atoms with E-state index in [1.807, 2.05) is 6.07 Å². The normalized spacial score (nSPS) is 26.1. The highest BCUT2D eigenvalue weighted by Crippen LogP contribution is 2.39. The second-order valence-electron chi connectivity index (χ2n) is 7.04. The summed E-state index contributed by atoms with van der Waals surface area (Å²) in [5.74, 6) is 3.77. The molecule has 0 radical (unpaired) electrons. The van der Waals surface area contributed by atoms with Gasteiger partial charge in [0.2, 0.25) is 0 Å². The molecule has 0 bridgehead atoms. The van der Waals surface area contributed by atoms with Gasteiger partial charge in [-0.25, -0.2) is 0 Å². The number of hydrogen-bond acceptors (Lipinski definition) is 1. The van der Waals surface area contributed by atoms with Gasteiger partial charge in [0.1, 0.15) is 5.75 Å². The molecule has 0 heterocycles. The molecule has 1 fully saturated rings. The van der Waals surface area contributed by atoms with Gasteiger partial charge in [-0.05, 0) is 60.6 Å². The Morgan fingerprint density at radius 3 is 2.62 bits per heavy atom. The third-order valence-corrected chi connectivity index (χ3v) is 4.92. The molecule has 0 aromatic heterocycles. The molecule has 21 heavy (non-hydrogen) atoms. The van der Waals surface area contributed by atoms with Crippen molar-refractivity contribution in [2.75, 3.05) is 7.11 Å². The van der Waals surface area contributed by atoms with Crippen LogP contribution in [0.25, 0.3) is 0 Å². The van der Waals surface area contributed by atoms with E-state index in [1.54, 1.807) is 12.7 Å². The molecule has 0 aliphatic heterocycles. The maximum absolute atomic E-state index is 5.35. The van der Waals surface area contributed by atoms with E-state index >= 15 is 0 Å². The van der Waals surface area contributed by atoms with Crippen LogP contribution in [0.2, 0.25) is 0 Å². The second kappa shape index (κ2) is 7.15. The Morgan fingerprint density at radius 1 is 1.19 bits per heavy atom. The Bertz CT molecular complexity index is 486. The third kappa shape index (κ3) is 4.12. The van der Waals surface area contributed by atoms with Crippen molar-refractivity contribution in [1.29, 1.82) is 0 Å². The maximum Gasteiger partial charge on any atom is 0.119 e. The molecule has 116 valence electrons. The smallest absolute Gasteiger partial charge is 0.119 e. The lowest BCUT2D eigenvalue weighted by molar-refractivity contribution is 0.306. The molecule has 0 N–H and O–H groups in total. The summed E-state index contributed by atoms with van der Waals surface area (Å²) >= 11 is 0. The summed E-state index contributed by atoms with van der Waals surface area (Å²) in [5, 5.41) is 0. The standard InChI is InChI=1S/C20H30O/c1-14(2)20-10-9-15(3)11-18(20)12-16(4)17-7-6-8-19(13-17)21-5/h6-8,12-16,20H,9-11H2,1-5H3/b18-12+/t15-,16-,20+/m1/s1. The molecule has 1 heteroatoms. The largest absolute Gasteiger partial charge is 0.497 e. The Morgan fingerprint density at radius 2 is 1.95 bits per heavy atom. The van der Waals surface area contributed by atoms with Gasteiger partial charge in [-0.3, -0.25) is 0 Å². The van der Waals surface area contributed by atoms with Crippen molar-refractivity contribution in [1.82, 2.24) is 0 Å². The predicted molar refractivity (Wildman–Crippen MR) is 90.8 cm³/mol. The molecule has 0 spiro atoms. The summed E-state index contributed by atoms with van der Waals surface area (Å²) in [6.45, 7) is 9.43. The first-order valence-corrected chi connectivity index (χ1v) is 8.35. The van der Waals surface area contributed by atoms with Crippen LogP contribution in [0.3, 0.4) is 0 Å². The summed E-state index contributed by atoms with van der Waals surface area (Å²) in [5.41, 5.74) is 3.03. The Kier molecular flexibility index (Phi) is 5.50. The van der Waals surface area contributed by atoms with Crippen molar-refractivity contribution in [2.24, 2.45) is 17.8 Å². The van der Waals surface area contributed by atoms with Crippen LogP contribution in [-0.2, 0) is 0 Å². The monoisotopic (exact) mass is 286 g/mol. The summed E-state index contributed by atoms with van der Waals surface area (Å²) in [4.78, 5) is 0. The third-order valence-electron chi connectivity index (χ3n) is 4.92. The van der Waals surface area contributed by atoms with Gasteiger partial charge in [-0.1, -0.05) is 51.5 Å². The number of hydrogen-bond donors (Lipinski definition) is 0. The van der Waals surface area contributed by atoms with E-state index in [1.165, 1.54) is 24.8 Å². The number of ether oxygens (including phenoxy) is 1. The average molecular weight is 286 g/mol. The first kappa shape index (κ1) is 16.1. The number of allylic oxidation sites excluding steroid dienone is 2. The van der Waals surface area contributed by atoms with Crippen molar-refractivity contribution in [2.45, 2.75) is 52.9 Å². The Hall–Kier alpha value is -1.24. The van der Waals surface area contributed by atoms with Crippen molar-refractivity contribution in [3.63, 3.8) is 0 Å². The van der Waals surface area contributed by atoms with Crippen molar-refractivity contribution in [3.05, 3.63) is 41.5 Å². The first-order valence-electron chi connectivity index (χ1n) is 8.35. The van der Waals surface area contributed by atoms with Gasteiger partial charge in [0.25, 0.3) is 0 Å². The first-order chi connectivity index (χ1) is 10.0. The van der Waals surface area contributed by atoms with E-state index in [9.17, 15) is 0 Å². The minimum atomic E-state index is 0.460. The summed E-state index contributed by atoms with van der Waals surface area (Å²) in [7, 11) is 1.74. The van der Waals surface area contributed by atoms with Crippen molar-refractivity contribution < 1.29 is 4.74 Å². The van der Waals surface area contributed by atoms with E-state index in [-0.39, 0.29) is 0 Å². The van der Waals surface area contributed by atoms with E-state index < -0.39 is 0 Å². The molecular formula is C20H30O. The lowest BCUT2D eigenvalue weighted by atomic mass is 9.73. The average Bonchev–Trinajstić information content (AvgIpc) is 2.47. The topological polar surface area (TPSA) is 9.23 Å². The van der Waals surface area contributed by atoms with Gasteiger partial charge < -0.3 is 4.74 Å². The van der Waals surface area contributed by atoms with E-state index in [4.69, 9.17) is 4.74 Å². The van der Waals surface area contributed by atoms with Crippen molar-refractivity contribution >= 4 is 0 Å². The molecule has 1 aliphatic carbocycles. The molecular weight excluding hydrogens is 256 g/mol. The molecule has 1 saturated carbocycles. The lowest BCUT2D eigenvalue weighted by Gasteiger charge is -2.33. The predicted octanol–water partition coefficient (Wildman–Crippen LogP) is 5.82. The van der Waals surface area contributed by atoms with Gasteiger partial charge in [0.05, 0.1) is 7.11 Å². The van der Waals surface area contributed by atoms with Crippen LogP contribution in [0.1, 0.15) is 58.4 Å². The van der Waals surface area contributed by atoms with Gasteiger partial charge >= 0.3 is 0 Å². The lowest BCUT2D eigenvalue weighted by Crippen LogP contribution is -2.20. The fourth-order valence-corrected chi connectivity index (χ4v) is 3.60. The molecule has 1 aliphatic rings. The molecule has 0 unspecified atom stereocenters. The highest BCUT2D eigenvalue weighted by atomic mass is 16.5. The van der Waals surface area contributed by atoms with E-state index in [0.29, 0.717) is 5.92 Å². The quantitative estimate of drug-likeness (QED) is 0.634. The molecule has 0 saturated heterocycles. The molecule has 1 aromatic rings. The van der Waals surface area contributed by atoms with Crippen LogP contribution in [0.5, 0.6) is 5.75 Å². The summed E-state index contributed by atoms with van der Waals surface area (Å²) < 4.78 is 5.35. The molecule has 1 nitrogen and oxygen atoms in total. The van der Waals surface area contributed by atoms with Crippen LogP contribution in [0.4, 0.5) is 0 Å². The molecule has 0 amide bonds. The zero-order valence-corrected chi connectivity index (χ0v) is 14.2. The summed E-state index contributed by atoms with van der Waals surface area (Å²) in [6.07, 6.45) is 6.54. The van der Waals surface area contributed by atoms with Gasteiger partial charge in [-0.15, -0.1) is 0 Å². The maximum atomic E-state index is 5.35. The zero-order chi connectivity index (χ0) is 15.4. The highest BCUT2D eigenvalue weighted by molar-refractivity contribution is 5.33. The number of rotatable bonds is 4. The van der Waals surface area contributed by atoms with Crippen LogP contribution in [0.15, 0.2) is 35.9 Å². The fraction of sp³-hybridized carbons (Fsp3) is 0.600. The van der Waals surface area contributed by atoms with Crippen LogP contribution < -0.4 is 4.74 Å². The fourth-order valence-electron chi connectivity index (χ4n) is 3.60. The Labute approximate surface area is 130 Å². The Balaban J connectivity index is 2.21. The minimum absolute atomic E-state index is 0.460. The SMILES string of the molecule is COc1cccc([C@H](C)/C=C2\C[C@H](C)CC[C@H]2C(C)C)c1. The van der Waals surface area contributed by atoms with Gasteiger partial charge in [0, 0.05) is 0 Å². The molecule has 3 atom stereocenters. The highest BCUT2D eigenvalue weighted by Gasteiger charge is 2.25. The van der Waals surface area contributed by atoms with E-state index in [2.05, 4.69) is 52.0 Å². The van der Waals surface area contributed by atoms with Crippen LogP contribution in [-0.4, -0.2) is 7.11 Å². The van der Waals surface area contributed by atoms with Gasteiger partial charge in [0.15, 0.2) is 0 Å². The van der Waals surface area contributed by atoms with Crippen LogP contribution in [0, 0.1) is 17.8 Å². The van der Waals surface area contributed by atoms with Gasteiger partial charge in [-0.2, -0.15) is 0 Å². The second-order valence-corrected chi connectivity index (χ2v) is 7.04. The molecule has 1 aromatic carbocycles. The zero-order valence-electron chi connectivity index (χ0n) is 14.2. The summed E-state index contributed by atoms with van der Waals surface area (Å²) in [6, 6.07) is 8.48.